The second-order valence-corrected chi connectivity index (χ2v) is 5.78. The molecule has 0 spiro atoms. The van der Waals surface area contributed by atoms with Crippen molar-refractivity contribution in [2.75, 3.05) is 18.8 Å². The van der Waals surface area contributed by atoms with E-state index in [0.29, 0.717) is 16.8 Å². The monoisotopic (exact) mass is 316 g/mol. The van der Waals surface area contributed by atoms with E-state index in [1.807, 2.05) is 30.3 Å². The highest BCUT2D eigenvalue weighted by atomic mass is 19.3. The lowest BCUT2D eigenvalue weighted by atomic mass is 9.96. The number of carbonyl (C=O) groups is 1. The molecule has 1 saturated heterocycles. The van der Waals surface area contributed by atoms with E-state index >= 15 is 0 Å². The Morgan fingerprint density at radius 1 is 1.00 bits per heavy atom. The van der Waals surface area contributed by atoms with Crippen LogP contribution in [0.25, 0.3) is 11.1 Å². The molecule has 2 aromatic carbocycles. The van der Waals surface area contributed by atoms with E-state index in [-0.39, 0.29) is 31.8 Å². The molecule has 1 amide bonds. The summed E-state index contributed by atoms with van der Waals surface area (Å²) in [4.78, 5) is 14.3. The van der Waals surface area contributed by atoms with Crippen LogP contribution in [0.1, 0.15) is 23.2 Å². The van der Waals surface area contributed by atoms with Gasteiger partial charge in [-0.25, -0.2) is 8.78 Å². The Balaban J connectivity index is 1.94. The van der Waals surface area contributed by atoms with Crippen molar-refractivity contribution in [3.8, 4) is 11.1 Å². The number of hydrogen-bond donors (Lipinski definition) is 1. The Bertz CT molecular complexity index is 706. The molecule has 5 heteroatoms. The highest BCUT2D eigenvalue weighted by molar-refractivity contribution is 6.03. The van der Waals surface area contributed by atoms with E-state index in [4.69, 9.17) is 5.73 Å². The summed E-state index contributed by atoms with van der Waals surface area (Å²) < 4.78 is 26.6. The van der Waals surface area contributed by atoms with E-state index in [0.717, 1.165) is 5.56 Å². The number of amides is 1. The first-order valence-corrected chi connectivity index (χ1v) is 7.59. The van der Waals surface area contributed by atoms with Crippen molar-refractivity contribution < 1.29 is 13.6 Å². The van der Waals surface area contributed by atoms with Gasteiger partial charge in [0.15, 0.2) is 0 Å². The maximum Gasteiger partial charge on any atom is 0.254 e. The van der Waals surface area contributed by atoms with Gasteiger partial charge in [-0.1, -0.05) is 36.4 Å². The Labute approximate surface area is 133 Å². The first kappa shape index (κ1) is 15.5. The first-order chi connectivity index (χ1) is 11.0. The number of benzene rings is 2. The normalized spacial score (nSPS) is 17.0. The molecule has 0 atom stereocenters. The largest absolute Gasteiger partial charge is 0.398 e. The fourth-order valence-corrected chi connectivity index (χ4v) is 2.88. The zero-order valence-electron chi connectivity index (χ0n) is 12.6. The molecule has 3 nitrogen and oxygen atoms in total. The molecule has 2 N–H and O–H groups in total. The van der Waals surface area contributed by atoms with Gasteiger partial charge in [0.25, 0.3) is 11.8 Å². The maximum atomic E-state index is 13.3. The van der Waals surface area contributed by atoms with Crippen LogP contribution in [0.15, 0.2) is 48.5 Å². The molecule has 0 bridgehead atoms. The second kappa shape index (κ2) is 5.99. The average molecular weight is 316 g/mol. The molecule has 1 aliphatic heterocycles. The molecule has 0 unspecified atom stereocenters. The summed E-state index contributed by atoms with van der Waals surface area (Å²) in [6.45, 7) is 0.129. The number of likely N-dealkylation sites (tertiary alicyclic amines) is 1. The van der Waals surface area contributed by atoms with Crippen LogP contribution in [0.2, 0.25) is 0 Å². The molecular formula is C18H18F2N2O. The van der Waals surface area contributed by atoms with Gasteiger partial charge in [-0.3, -0.25) is 4.79 Å². The maximum absolute atomic E-state index is 13.3. The highest BCUT2D eigenvalue weighted by Crippen LogP contribution is 2.33. The topological polar surface area (TPSA) is 46.3 Å². The lowest BCUT2D eigenvalue weighted by molar-refractivity contribution is -0.0494. The number of hydrogen-bond acceptors (Lipinski definition) is 2. The molecule has 3 rings (SSSR count). The van der Waals surface area contributed by atoms with Crippen molar-refractivity contribution in [3.63, 3.8) is 0 Å². The van der Waals surface area contributed by atoms with Crippen molar-refractivity contribution >= 4 is 11.6 Å². The van der Waals surface area contributed by atoms with Gasteiger partial charge in [0.2, 0.25) is 0 Å². The SMILES string of the molecule is Nc1cccc(C(=O)N2CCC(F)(F)CC2)c1-c1ccccc1. The number of piperidine rings is 1. The van der Waals surface area contributed by atoms with Crippen LogP contribution in [0.3, 0.4) is 0 Å². The third-order valence-corrected chi connectivity index (χ3v) is 4.17. The van der Waals surface area contributed by atoms with Crippen LogP contribution >= 0.6 is 0 Å². The zero-order valence-corrected chi connectivity index (χ0v) is 12.6. The molecule has 0 aliphatic carbocycles. The predicted molar refractivity (Wildman–Crippen MR) is 86.4 cm³/mol. The minimum atomic E-state index is -2.67. The highest BCUT2D eigenvalue weighted by Gasteiger charge is 2.36. The van der Waals surface area contributed by atoms with Gasteiger partial charge in [0.1, 0.15) is 0 Å². The summed E-state index contributed by atoms with van der Waals surface area (Å²) in [5.74, 6) is -2.92. The molecule has 23 heavy (non-hydrogen) atoms. The fourth-order valence-electron chi connectivity index (χ4n) is 2.88. The van der Waals surface area contributed by atoms with Crippen LogP contribution < -0.4 is 5.73 Å². The number of anilines is 1. The summed E-state index contributed by atoms with van der Waals surface area (Å²) in [6, 6.07) is 14.6. The van der Waals surface area contributed by atoms with Crippen molar-refractivity contribution in [1.82, 2.24) is 4.90 Å². The number of rotatable bonds is 2. The number of nitrogen functional groups attached to an aromatic ring is 1. The van der Waals surface area contributed by atoms with Gasteiger partial charge in [-0.15, -0.1) is 0 Å². The number of carbonyl (C=O) groups excluding carboxylic acids is 1. The third kappa shape index (κ3) is 3.18. The number of alkyl halides is 2. The minimum absolute atomic E-state index is 0.0643. The number of nitrogens with zero attached hydrogens (tertiary/aromatic N) is 1. The van der Waals surface area contributed by atoms with E-state index in [1.54, 1.807) is 18.2 Å². The van der Waals surface area contributed by atoms with Crippen LogP contribution in [0.5, 0.6) is 0 Å². The number of nitrogens with two attached hydrogens (primary N) is 1. The molecule has 1 heterocycles. The van der Waals surface area contributed by atoms with Crippen LogP contribution in [0.4, 0.5) is 14.5 Å². The molecule has 2 aromatic rings. The number of halogens is 2. The van der Waals surface area contributed by atoms with Gasteiger partial charge >= 0.3 is 0 Å². The average Bonchev–Trinajstić information content (AvgIpc) is 2.55. The van der Waals surface area contributed by atoms with Gasteiger partial charge < -0.3 is 10.6 Å². The quantitative estimate of drug-likeness (QED) is 0.857. The van der Waals surface area contributed by atoms with E-state index in [1.165, 1.54) is 4.90 Å². The lowest BCUT2D eigenvalue weighted by Gasteiger charge is -2.32. The van der Waals surface area contributed by atoms with Gasteiger partial charge in [0.05, 0.1) is 0 Å². The van der Waals surface area contributed by atoms with Crippen LogP contribution in [-0.4, -0.2) is 29.8 Å². The molecule has 0 radical (unpaired) electrons. The van der Waals surface area contributed by atoms with Crippen LogP contribution in [0, 0.1) is 0 Å². The van der Waals surface area contributed by atoms with Gasteiger partial charge in [-0.2, -0.15) is 0 Å². The minimum Gasteiger partial charge on any atom is -0.398 e. The molecular weight excluding hydrogens is 298 g/mol. The Morgan fingerprint density at radius 3 is 2.30 bits per heavy atom. The van der Waals surface area contributed by atoms with Crippen molar-refractivity contribution in [2.45, 2.75) is 18.8 Å². The molecule has 0 saturated carbocycles. The molecule has 1 aliphatic rings. The van der Waals surface area contributed by atoms with E-state index < -0.39 is 5.92 Å². The second-order valence-electron chi connectivity index (χ2n) is 5.78. The van der Waals surface area contributed by atoms with Gasteiger partial charge in [0, 0.05) is 42.7 Å². The summed E-state index contributed by atoms with van der Waals surface area (Å²) in [7, 11) is 0. The first-order valence-electron chi connectivity index (χ1n) is 7.59. The van der Waals surface area contributed by atoms with Crippen molar-refractivity contribution in [2.24, 2.45) is 0 Å². The summed E-state index contributed by atoms with van der Waals surface area (Å²) in [5, 5.41) is 0. The summed E-state index contributed by atoms with van der Waals surface area (Å²) in [5.41, 5.74) is 8.54. The van der Waals surface area contributed by atoms with Crippen molar-refractivity contribution in [1.29, 1.82) is 0 Å². The zero-order chi connectivity index (χ0) is 16.4. The summed E-state index contributed by atoms with van der Waals surface area (Å²) >= 11 is 0. The van der Waals surface area contributed by atoms with E-state index in [9.17, 15) is 13.6 Å². The smallest absolute Gasteiger partial charge is 0.254 e. The Kier molecular flexibility index (Phi) is 4.03. The lowest BCUT2D eigenvalue weighted by Crippen LogP contribution is -2.42. The molecule has 120 valence electrons. The molecule has 1 fully saturated rings. The van der Waals surface area contributed by atoms with E-state index in [2.05, 4.69) is 0 Å². The van der Waals surface area contributed by atoms with Crippen LogP contribution in [-0.2, 0) is 0 Å². The Hall–Kier alpha value is -2.43. The van der Waals surface area contributed by atoms with Crippen molar-refractivity contribution in [3.05, 3.63) is 54.1 Å². The fraction of sp³-hybridized carbons (Fsp3) is 0.278. The third-order valence-electron chi connectivity index (χ3n) is 4.17. The molecule has 0 aromatic heterocycles. The standard InChI is InChI=1S/C18H18F2N2O/c19-18(20)9-11-22(12-10-18)17(23)14-7-4-8-15(21)16(14)13-5-2-1-3-6-13/h1-8H,9-12,21H2. The van der Waals surface area contributed by atoms with Gasteiger partial charge in [-0.05, 0) is 17.7 Å². The Morgan fingerprint density at radius 2 is 1.65 bits per heavy atom. The predicted octanol–water partition coefficient (Wildman–Crippen LogP) is 3.81. The summed E-state index contributed by atoms with van der Waals surface area (Å²) in [6.07, 6.45) is -0.580.